The van der Waals surface area contributed by atoms with E-state index < -0.39 is 6.10 Å². The Morgan fingerprint density at radius 1 is 1.43 bits per heavy atom. The molecule has 0 aromatic heterocycles. The standard InChI is InChI=1S/C10H21NO3/c1-14-7-8(12)6-11-9-4-2-3-5-10(9)13/h8-13H,2-7H2,1H3. The first-order valence-corrected chi connectivity index (χ1v) is 5.32. The fourth-order valence-corrected chi connectivity index (χ4v) is 1.89. The van der Waals surface area contributed by atoms with Gasteiger partial charge in [0.25, 0.3) is 0 Å². The van der Waals surface area contributed by atoms with Crippen LogP contribution in [-0.4, -0.2) is 48.7 Å². The van der Waals surface area contributed by atoms with E-state index >= 15 is 0 Å². The SMILES string of the molecule is COCC(O)CNC1CCCCC1O. The van der Waals surface area contributed by atoms with Gasteiger partial charge in [0, 0.05) is 19.7 Å². The maximum atomic E-state index is 9.64. The lowest BCUT2D eigenvalue weighted by molar-refractivity contribution is 0.0474. The van der Waals surface area contributed by atoms with E-state index in [9.17, 15) is 10.2 Å². The zero-order chi connectivity index (χ0) is 10.4. The molecule has 1 fully saturated rings. The molecule has 1 aliphatic carbocycles. The molecular weight excluding hydrogens is 182 g/mol. The van der Waals surface area contributed by atoms with Crippen molar-refractivity contribution < 1.29 is 14.9 Å². The third-order valence-corrected chi connectivity index (χ3v) is 2.70. The van der Waals surface area contributed by atoms with Gasteiger partial charge < -0.3 is 20.3 Å². The van der Waals surface area contributed by atoms with Crippen LogP contribution >= 0.6 is 0 Å². The number of rotatable bonds is 5. The van der Waals surface area contributed by atoms with E-state index in [4.69, 9.17) is 4.74 Å². The molecule has 14 heavy (non-hydrogen) atoms. The molecule has 0 heterocycles. The van der Waals surface area contributed by atoms with Crippen LogP contribution in [0.15, 0.2) is 0 Å². The normalized spacial score (nSPS) is 30.2. The van der Waals surface area contributed by atoms with Crippen LogP contribution in [0.25, 0.3) is 0 Å². The van der Waals surface area contributed by atoms with Crippen molar-refractivity contribution in [3.63, 3.8) is 0 Å². The zero-order valence-electron chi connectivity index (χ0n) is 8.78. The predicted molar refractivity (Wildman–Crippen MR) is 54.1 cm³/mol. The Morgan fingerprint density at radius 3 is 2.79 bits per heavy atom. The highest BCUT2D eigenvalue weighted by Gasteiger charge is 2.22. The molecule has 0 aliphatic heterocycles. The summed E-state index contributed by atoms with van der Waals surface area (Å²) in [5.74, 6) is 0. The summed E-state index contributed by atoms with van der Waals surface area (Å²) in [5, 5.41) is 22.2. The molecule has 0 saturated heterocycles. The van der Waals surface area contributed by atoms with E-state index in [1.807, 2.05) is 0 Å². The van der Waals surface area contributed by atoms with Crippen LogP contribution < -0.4 is 5.32 Å². The molecule has 0 aromatic rings. The highest BCUT2D eigenvalue weighted by Crippen LogP contribution is 2.18. The van der Waals surface area contributed by atoms with Gasteiger partial charge in [-0.1, -0.05) is 12.8 Å². The lowest BCUT2D eigenvalue weighted by Gasteiger charge is -2.29. The molecule has 3 unspecified atom stereocenters. The van der Waals surface area contributed by atoms with Crippen molar-refractivity contribution in [2.75, 3.05) is 20.3 Å². The smallest absolute Gasteiger partial charge is 0.0897 e. The van der Waals surface area contributed by atoms with Crippen LogP contribution in [0.1, 0.15) is 25.7 Å². The number of aliphatic hydroxyl groups excluding tert-OH is 2. The minimum absolute atomic E-state index is 0.148. The van der Waals surface area contributed by atoms with Gasteiger partial charge >= 0.3 is 0 Å². The Hall–Kier alpha value is -0.160. The third-order valence-electron chi connectivity index (χ3n) is 2.70. The summed E-state index contributed by atoms with van der Waals surface area (Å²) in [6.07, 6.45) is 3.42. The summed E-state index contributed by atoms with van der Waals surface area (Å²) in [4.78, 5) is 0. The first kappa shape index (κ1) is 11.9. The molecule has 4 nitrogen and oxygen atoms in total. The van der Waals surface area contributed by atoms with Gasteiger partial charge in [0.15, 0.2) is 0 Å². The lowest BCUT2D eigenvalue weighted by Crippen LogP contribution is -2.45. The molecule has 84 valence electrons. The van der Waals surface area contributed by atoms with Crippen molar-refractivity contribution >= 4 is 0 Å². The minimum atomic E-state index is -0.478. The summed E-state index contributed by atoms with van der Waals surface area (Å²) in [6, 6.07) is 0.148. The van der Waals surface area contributed by atoms with Crippen molar-refractivity contribution in [1.82, 2.24) is 5.32 Å². The topological polar surface area (TPSA) is 61.7 Å². The largest absolute Gasteiger partial charge is 0.392 e. The molecule has 4 heteroatoms. The second-order valence-corrected chi connectivity index (χ2v) is 3.98. The fraction of sp³-hybridized carbons (Fsp3) is 1.00. The Balaban J connectivity index is 2.15. The highest BCUT2D eigenvalue weighted by molar-refractivity contribution is 4.81. The van der Waals surface area contributed by atoms with Gasteiger partial charge in [0.2, 0.25) is 0 Å². The number of ether oxygens (including phenoxy) is 1. The van der Waals surface area contributed by atoms with Crippen LogP contribution in [0.5, 0.6) is 0 Å². The van der Waals surface area contributed by atoms with E-state index in [0.717, 1.165) is 25.7 Å². The van der Waals surface area contributed by atoms with E-state index in [1.54, 1.807) is 7.11 Å². The van der Waals surface area contributed by atoms with Crippen molar-refractivity contribution in [2.24, 2.45) is 0 Å². The average Bonchev–Trinajstić information content (AvgIpc) is 2.17. The number of aliphatic hydroxyl groups is 2. The monoisotopic (exact) mass is 203 g/mol. The molecule has 0 aromatic carbocycles. The summed E-state index contributed by atoms with van der Waals surface area (Å²) in [5.41, 5.74) is 0. The highest BCUT2D eigenvalue weighted by atomic mass is 16.5. The number of hydrogen-bond acceptors (Lipinski definition) is 4. The molecule has 0 amide bonds. The Labute approximate surface area is 85.3 Å². The molecule has 3 atom stereocenters. The van der Waals surface area contributed by atoms with Crippen molar-refractivity contribution in [1.29, 1.82) is 0 Å². The Kier molecular flexibility index (Phi) is 5.40. The minimum Gasteiger partial charge on any atom is -0.392 e. The number of methoxy groups -OCH3 is 1. The number of nitrogens with one attached hydrogen (secondary N) is 1. The van der Waals surface area contributed by atoms with Crippen molar-refractivity contribution in [3.8, 4) is 0 Å². The third kappa shape index (κ3) is 3.92. The van der Waals surface area contributed by atoms with Gasteiger partial charge in [-0.2, -0.15) is 0 Å². The fourth-order valence-electron chi connectivity index (χ4n) is 1.89. The first-order chi connectivity index (χ1) is 6.74. The van der Waals surface area contributed by atoms with Crippen LogP contribution in [0.2, 0.25) is 0 Å². The van der Waals surface area contributed by atoms with Crippen molar-refractivity contribution in [2.45, 2.75) is 43.9 Å². The van der Waals surface area contributed by atoms with Gasteiger partial charge in [-0.3, -0.25) is 0 Å². The average molecular weight is 203 g/mol. The maximum Gasteiger partial charge on any atom is 0.0897 e. The molecule has 0 spiro atoms. The van der Waals surface area contributed by atoms with Crippen molar-refractivity contribution in [3.05, 3.63) is 0 Å². The van der Waals surface area contributed by atoms with E-state index in [0.29, 0.717) is 13.2 Å². The Bertz CT molecular complexity index is 154. The van der Waals surface area contributed by atoms with E-state index in [-0.39, 0.29) is 12.1 Å². The zero-order valence-corrected chi connectivity index (χ0v) is 8.78. The van der Waals surface area contributed by atoms with Crippen LogP contribution in [-0.2, 0) is 4.74 Å². The predicted octanol–water partition coefficient (Wildman–Crippen LogP) is -0.113. The van der Waals surface area contributed by atoms with Gasteiger partial charge in [0.05, 0.1) is 18.8 Å². The first-order valence-electron chi connectivity index (χ1n) is 5.32. The van der Waals surface area contributed by atoms with Gasteiger partial charge in [-0.05, 0) is 12.8 Å². The molecule has 0 bridgehead atoms. The molecule has 1 aliphatic rings. The summed E-state index contributed by atoms with van der Waals surface area (Å²) >= 11 is 0. The quantitative estimate of drug-likeness (QED) is 0.583. The van der Waals surface area contributed by atoms with Gasteiger partial charge in [-0.15, -0.1) is 0 Å². The van der Waals surface area contributed by atoms with E-state index in [2.05, 4.69) is 5.32 Å². The van der Waals surface area contributed by atoms with Crippen LogP contribution in [0, 0.1) is 0 Å². The molecule has 3 N–H and O–H groups in total. The second kappa shape index (κ2) is 6.35. The Morgan fingerprint density at radius 2 is 2.14 bits per heavy atom. The lowest BCUT2D eigenvalue weighted by atomic mass is 9.92. The number of hydrogen-bond donors (Lipinski definition) is 3. The molecule has 0 radical (unpaired) electrons. The summed E-state index contributed by atoms with van der Waals surface area (Å²) in [7, 11) is 1.57. The van der Waals surface area contributed by atoms with Gasteiger partial charge in [-0.25, -0.2) is 0 Å². The second-order valence-electron chi connectivity index (χ2n) is 3.98. The van der Waals surface area contributed by atoms with Crippen LogP contribution in [0.4, 0.5) is 0 Å². The van der Waals surface area contributed by atoms with E-state index in [1.165, 1.54) is 0 Å². The molecule has 1 rings (SSSR count). The summed E-state index contributed by atoms with van der Waals surface area (Å²) in [6.45, 7) is 0.839. The molecular formula is C10H21NO3. The van der Waals surface area contributed by atoms with Crippen LogP contribution in [0.3, 0.4) is 0 Å². The van der Waals surface area contributed by atoms with Gasteiger partial charge in [0.1, 0.15) is 0 Å². The summed E-state index contributed by atoms with van der Waals surface area (Å²) < 4.78 is 4.82. The molecule has 1 saturated carbocycles. The maximum absolute atomic E-state index is 9.64.